The highest BCUT2D eigenvalue weighted by Crippen LogP contribution is 2.29. The number of ether oxygens (including phenoxy) is 3. The van der Waals surface area contributed by atoms with Crippen LogP contribution in [0.3, 0.4) is 0 Å². The van der Waals surface area contributed by atoms with Crippen LogP contribution in [0.2, 0.25) is 0 Å². The maximum Gasteiger partial charge on any atom is 0.346 e. The molecule has 2 aromatic carbocycles. The molecule has 1 atom stereocenters. The number of carbonyl (C=O) groups is 2. The first-order valence-electron chi connectivity index (χ1n) is 8.77. The minimum Gasteiger partial charge on any atom is -0.496 e. The molecule has 0 saturated heterocycles. The van der Waals surface area contributed by atoms with Crippen molar-refractivity contribution in [3.05, 3.63) is 59.5 Å². The lowest BCUT2D eigenvalue weighted by molar-refractivity contribution is -0.123. The van der Waals surface area contributed by atoms with Crippen molar-refractivity contribution in [2.24, 2.45) is 0 Å². The number of carbonyl (C=O) groups excluding carboxylic acids is 2. The lowest BCUT2D eigenvalue weighted by Gasteiger charge is -2.15. The molecular weight excluding hydrogens is 392 g/mol. The molecule has 0 saturated carbocycles. The van der Waals surface area contributed by atoms with Gasteiger partial charge in [-0.1, -0.05) is 36.4 Å². The van der Waals surface area contributed by atoms with Crippen LogP contribution in [-0.4, -0.2) is 37.2 Å². The first-order chi connectivity index (χ1) is 14.0. The lowest BCUT2D eigenvalue weighted by atomic mass is 10.1. The molecule has 0 fully saturated rings. The van der Waals surface area contributed by atoms with E-state index in [1.165, 1.54) is 32.5 Å². The van der Waals surface area contributed by atoms with Gasteiger partial charge in [-0.05, 0) is 19.1 Å². The number of methoxy groups -OCH3 is 2. The molecule has 1 amide bonds. The zero-order valence-electron chi connectivity index (χ0n) is 16.2. The molecular formula is C21H20N2O5S. The molecule has 0 aliphatic rings. The van der Waals surface area contributed by atoms with Crippen molar-refractivity contribution < 1.29 is 23.8 Å². The van der Waals surface area contributed by atoms with Gasteiger partial charge in [0.25, 0.3) is 5.91 Å². The SMILES string of the molecule is COc1cccc(OC)c1C(=O)O[C@@H](C)C(=O)Nc1nc(-c2ccccc2)cs1. The minimum absolute atomic E-state index is 0.123. The molecule has 3 aromatic rings. The van der Waals surface area contributed by atoms with Crippen LogP contribution in [0.1, 0.15) is 17.3 Å². The van der Waals surface area contributed by atoms with Gasteiger partial charge >= 0.3 is 5.97 Å². The fourth-order valence-electron chi connectivity index (χ4n) is 2.61. The number of hydrogen-bond acceptors (Lipinski definition) is 7. The summed E-state index contributed by atoms with van der Waals surface area (Å²) in [5, 5.41) is 4.95. The van der Waals surface area contributed by atoms with Gasteiger partial charge in [-0.3, -0.25) is 10.1 Å². The second-order valence-corrected chi connectivity index (χ2v) is 6.84. The maximum absolute atomic E-state index is 12.6. The zero-order valence-corrected chi connectivity index (χ0v) is 17.0. The highest BCUT2D eigenvalue weighted by molar-refractivity contribution is 7.14. The average Bonchev–Trinajstić information content (AvgIpc) is 3.22. The number of nitrogens with one attached hydrogen (secondary N) is 1. The first kappa shape index (κ1) is 20.3. The summed E-state index contributed by atoms with van der Waals surface area (Å²) in [5.74, 6) is -0.601. The molecule has 0 radical (unpaired) electrons. The van der Waals surface area contributed by atoms with Crippen LogP contribution in [0.4, 0.5) is 5.13 Å². The molecule has 150 valence electrons. The van der Waals surface area contributed by atoms with Crippen LogP contribution in [-0.2, 0) is 9.53 Å². The molecule has 8 heteroatoms. The van der Waals surface area contributed by atoms with Crippen molar-refractivity contribution in [3.8, 4) is 22.8 Å². The smallest absolute Gasteiger partial charge is 0.346 e. The van der Waals surface area contributed by atoms with E-state index in [4.69, 9.17) is 14.2 Å². The summed E-state index contributed by atoms with van der Waals surface area (Å²) < 4.78 is 15.7. The van der Waals surface area contributed by atoms with Crippen molar-refractivity contribution >= 4 is 28.3 Å². The first-order valence-corrected chi connectivity index (χ1v) is 9.65. The Morgan fingerprint density at radius 2 is 1.66 bits per heavy atom. The van der Waals surface area contributed by atoms with E-state index in [1.807, 2.05) is 35.7 Å². The second-order valence-electron chi connectivity index (χ2n) is 5.98. The van der Waals surface area contributed by atoms with Crippen LogP contribution in [0.5, 0.6) is 11.5 Å². The third kappa shape index (κ3) is 4.72. The maximum atomic E-state index is 12.6. The molecule has 0 aliphatic heterocycles. The molecule has 1 aromatic heterocycles. The van der Waals surface area contributed by atoms with Crippen molar-refractivity contribution in [1.29, 1.82) is 0 Å². The van der Waals surface area contributed by atoms with Gasteiger partial charge in [0.05, 0.1) is 19.9 Å². The fourth-order valence-corrected chi connectivity index (χ4v) is 3.33. The summed E-state index contributed by atoms with van der Waals surface area (Å²) in [5.41, 5.74) is 1.83. The largest absolute Gasteiger partial charge is 0.496 e. The Balaban J connectivity index is 1.67. The predicted molar refractivity (Wildman–Crippen MR) is 111 cm³/mol. The Morgan fingerprint density at radius 3 is 2.28 bits per heavy atom. The lowest BCUT2D eigenvalue weighted by Crippen LogP contribution is -2.30. The van der Waals surface area contributed by atoms with Crippen molar-refractivity contribution in [2.75, 3.05) is 19.5 Å². The van der Waals surface area contributed by atoms with Crippen LogP contribution in [0.15, 0.2) is 53.9 Å². The zero-order chi connectivity index (χ0) is 20.8. The molecule has 29 heavy (non-hydrogen) atoms. The van der Waals surface area contributed by atoms with Gasteiger partial charge in [-0.25, -0.2) is 9.78 Å². The van der Waals surface area contributed by atoms with Gasteiger partial charge in [-0.2, -0.15) is 0 Å². The summed E-state index contributed by atoms with van der Waals surface area (Å²) in [4.78, 5) is 29.4. The summed E-state index contributed by atoms with van der Waals surface area (Å²) >= 11 is 1.29. The van der Waals surface area contributed by atoms with Gasteiger partial charge < -0.3 is 14.2 Å². The van der Waals surface area contributed by atoms with Crippen LogP contribution >= 0.6 is 11.3 Å². The van der Waals surface area contributed by atoms with Crippen molar-refractivity contribution in [2.45, 2.75) is 13.0 Å². The Kier molecular flexibility index (Phi) is 6.46. The number of amides is 1. The van der Waals surface area contributed by atoms with E-state index >= 15 is 0 Å². The minimum atomic E-state index is -1.04. The summed E-state index contributed by atoms with van der Waals surface area (Å²) in [6, 6.07) is 14.6. The van der Waals surface area contributed by atoms with Crippen LogP contribution in [0, 0.1) is 0 Å². The standard InChI is InChI=1S/C21H20N2O5S/c1-13(28-20(25)18-16(26-2)10-7-11-17(18)27-3)19(24)23-21-22-15(12-29-21)14-8-5-4-6-9-14/h4-13H,1-3H3,(H,22,23,24)/t13-/m0/s1. The van der Waals surface area contributed by atoms with E-state index in [-0.39, 0.29) is 5.56 Å². The molecule has 0 spiro atoms. The van der Waals surface area contributed by atoms with E-state index in [0.717, 1.165) is 11.3 Å². The number of hydrogen-bond donors (Lipinski definition) is 1. The number of nitrogens with zero attached hydrogens (tertiary/aromatic N) is 1. The number of esters is 1. The number of aromatic nitrogens is 1. The normalized spacial score (nSPS) is 11.4. The van der Waals surface area contributed by atoms with E-state index in [9.17, 15) is 9.59 Å². The molecule has 0 bridgehead atoms. The van der Waals surface area contributed by atoms with Gasteiger partial charge in [0.2, 0.25) is 0 Å². The van der Waals surface area contributed by atoms with Gasteiger partial charge in [0.1, 0.15) is 17.1 Å². The topological polar surface area (TPSA) is 86.8 Å². The van der Waals surface area contributed by atoms with E-state index < -0.39 is 18.0 Å². The summed E-state index contributed by atoms with van der Waals surface area (Å²) in [7, 11) is 2.88. The molecule has 7 nitrogen and oxygen atoms in total. The van der Waals surface area contributed by atoms with Crippen LogP contribution in [0.25, 0.3) is 11.3 Å². The number of benzene rings is 2. The van der Waals surface area contributed by atoms with Crippen molar-refractivity contribution in [1.82, 2.24) is 4.98 Å². The summed E-state index contributed by atoms with van der Waals surface area (Å²) in [6.07, 6.45) is -1.04. The quantitative estimate of drug-likeness (QED) is 0.590. The highest BCUT2D eigenvalue weighted by Gasteiger charge is 2.25. The average molecular weight is 412 g/mol. The van der Waals surface area contributed by atoms with E-state index in [2.05, 4.69) is 10.3 Å². The van der Waals surface area contributed by atoms with E-state index in [1.54, 1.807) is 18.2 Å². The van der Waals surface area contributed by atoms with E-state index in [0.29, 0.717) is 16.6 Å². The molecule has 0 aliphatic carbocycles. The molecule has 1 N–H and O–H groups in total. The third-order valence-corrected chi connectivity index (χ3v) is 4.85. The number of rotatable bonds is 7. The number of thiazole rings is 1. The predicted octanol–water partition coefficient (Wildman–Crippen LogP) is 4.01. The van der Waals surface area contributed by atoms with Gasteiger partial charge in [-0.15, -0.1) is 11.3 Å². The molecule has 0 unspecified atom stereocenters. The molecule has 1 heterocycles. The highest BCUT2D eigenvalue weighted by atomic mass is 32.1. The Morgan fingerprint density at radius 1 is 1.00 bits per heavy atom. The van der Waals surface area contributed by atoms with Gasteiger partial charge in [0.15, 0.2) is 11.2 Å². The Hall–Kier alpha value is -3.39. The molecule has 3 rings (SSSR count). The Bertz CT molecular complexity index is 981. The Labute approximate surface area is 172 Å². The number of anilines is 1. The van der Waals surface area contributed by atoms with Gasteiger partial charge in [0, 0.05) is 10.9 Å². The van der Waals surface area contributed by atoms with Crippen molar-refractivity contribution in [3.63, 3.8) is 0 Å². The summed E-state index contributed by atoms with van der Waals surface area (Å²) in [6.45, 7) is 1.49. The third-order valence-electron chi connectivity index (χ3n) is 4.09. The monoisotopic (exact) mass is 412 g/mol. The fraction of sp³-hybridized carbons (Fsp3) is 0.190. The van der Waals surface area contributed by atoms with Crippen LogP contribution < -0.4 is 14.8 Å². The second kappa shape index (κ2) is 9.20.